The summed E-state index contributed by atoms with van der Waals surface area (Å²) < 4.78 is 11.0. The number of halogens is 1. The molecule has 1 saturated carbocycles. The molecule has 160 valence electrons. The number of guanidine groups is 1. The Morgan fingerprint density at radius 2 is 2.04 bits per heavy atom. The molecule has 1 aliphatic rings. The zero-order chi connectivity index (χ0) is 19.3. The molecule has 0 atom stereocenters. The van der Waals surface area contributed by atoms with Crippen LogP contribution in [0.5, 0.6) is 5.88 Å². The van der Waals surface area contributed by atoms with Gasteiger partial charge in [0.2, 0.25) is 5.88 Å². The van der Waals surface area contributed by atoms with Crippen LogP contribution in [-0.4, -0.2) is 69.4 Å². The summed E-state index contributed by atoms with van der Waals surface area (Å²) in [7, 11) is 5.64. The van der Waals surface area contributed by atoms with Gasteiger partial charge in [0.1, 0.15) is 6.10 Å². The van der Waals surface area contributed by atoms with Gasteiger partial charge in [-0.25, -0.2) is 4.98 Å². The first-order valence-electron chi connectivity index (χ1n) is 9.95. The van der Waals surface area contributed by atoms with Crippen LogP contribution in [-0.2, 0) is 11.3 Å². The maximum Gasteiger partial charge on any atom is 0.213 e. The highest BCUT2D eigenvalue weighted by molar-refractivity contribution is 14.0. The lowest BCUT2D eigenvalue weighted by Gasteiger charge is -2.18. The van der Waals surface area contributed by atoms with Gasteiger partial charge in [-0.2, -0.15) is 0 Å². The number of ether oxygens (including phenoxy) is 2. The van der Waals surface area contributed by atoms with Crippen LogP contribution in [0, 0.1) is 0 Å². The highest BCUT2D eigenvalue weighted by Gasteiger charge is 2.16. The molecule has 2 rings (SSSR count). The van der Waals surface area contributed by atoms with Gasteiger partial charge in [0.15, 0.2) is 5.96 Å². The molecule has 28 heavy (non-hydrogen) atoms. The van der Waals surface area contributed by atoms with Gasteiger partial charge in [0.25, 0.3) is 0 Å². The van der Waals surface area contributed by atoms with Crippen molar-refractivity contribution >= 4 is 29.9 Å². The molecule has 0 aliphatic heterocycles. The maximum atomic E-state index is 5.91. The quantitative estimate of drug-likeness (QED) is 0.209. The molecule has 7 nitrogen and oxygen atoms in total. The van der Waals surface area contributed by atoms with Gasteiger partial charge in [-0.1, -0.05) is 6.07 Å². The number of pyridine rings is 1. The second-order valence-electron chi connectivity index (χ2n) is 7.03. The zero-order valence-corrected chi connectivity index (χ0v) is 19.8. The fourth-order valence-corrected chi connectivity index (χ4v) is 3.12. The van der Waals surface area contributed by atoms with Crippen LogP contribution >= 0.6 is 24.0 Å². The Morgan fingerprint density at radius 1 is 1.25 bits per heavy atom. The van der Waals surface area contributed by atoms with E-state index < -0.39 is 0 Å². The van der Waals surface area contributed by atoms with E-state index in [9.17, 15) is 0 Å². The van der Waals surface area contributed by atoms with Gasteiger partial charge in [0, 0.05) is 59.2 Å². The van der Waals surface area contributed by atoms with Crippen LogP contribution in [0.15, 0.2) is 23.3 Å². The Kier molecular flexibility index (Phi) is 13.2. The number of nitrogens with zero attached hydrogens (tertiary/aromatic N) is 3. The van der Waals surface area contributed by atoms with E-state index in [1.54, 1.807) is 14.2 Å². The molecule has 0 radical (unpaired) electrons. The summed E-state index contributed by atoms with van der Waals surface area (Å²) in [6, 6.07) is 4.02. The lowest BCUT2D eigenvalue weighted by molar-refractivity contribution is 0.180. The normalized spacial score (nSPS) is 14.8. The number of rotatable bonds is 11. The van der Waals surface area contributed by atoms with E-state index >= 15 is 0 Å². The third-order valence-corrected chi connectivity index (χ3v) is 4.75. The van der Waals surface area contributed by atoms with Gasteiger partial charge in [-0.05, 0) is 44.7 Å². The predicted octanol–water partition coefficient (Wildman–Crippen LogP) is 2.65. The summed E-state index contributed by atoms with van der Waals surface area (Å²) in [5.41, 5.74) is 1.11. The largest absolute Gasteiger partial charge is 0.474 e. The highest BCUT2D eigenvalue weighted by Crippen LogP contribution is 2.22. The predicted molar refractivity (Wildman–Crippen MR) is 125 cm³/mol. The van der Waals surface area contributed by atoms with Gasteiger partial charge < -0.3 is 25.0 Å². The molecular weight excluding hydrogens is 469 g/mol. The number of aliphatic imine (C=N–C) groups is 1. The van der Waals surface area contributed by atoms with Crippen molar-refractivity contribution < 1.29 is 9.47 Å². The number of hydrogen-bond donors (Lipinski definition) is 2. The summed E-state index contributed by atoms with van der Waals surface area (Å²) in [5, 5.41) is 6.67. The molecule has 0 saturated heterocycles. The second-order valence-corrected chi connectivity index (χ2v) is 7.03. The number of methoxy groups -OCH3 is 1. The standard InChI is InChI=1S/C20H35N5O2.HI/c1-21-20(22-11-13-25(2)12-6-14-26-3)24-16-17-9-10-19(23-15-17)27-18-7-4-5-8-18;/h9-10,15,18H,4-8,11-14,16H2,1-3H3,(H2,21,22,24);1H. The van der Waals surface area contributed by atoms with Crippen molar-refractivity contribution in [3.8, 4) is 5.88 Å². The van der Waals surface area contributed by atoms with Crippen LogP contribution in [0.2, 0.25) is 0 Å². The molecule has 1 heterocycles. The third kappa shape index (κ3) is 9.88. The number of aromatic nitrogens is 1. The molecule has 0 bridgehead atoms. The monoisotopic (exact) mass is 505 g/mol. The van der Waals surface area contributed by atoms with Crippen molar-refractivity contribution in [1.82, 2.24) is 20.5 Å². The highest BCUT2D eigenvalue weighted by atomic mass is 127. The topological polar surface area (TPSA) is 71.0 Å². The molecule has 8 heteroatoms. The van der Waals surface area contributed by atoms with Gasteiger partial charge in [0.05, 0.1) is 0 Å². The molecule has 1 fully saturated rings. The van der Waals surface area contributed by atoms with E-state index in [4.69, 9.17) is 9.47 Å². The Morgan fingerprint density at radius 3 is 2.68 bits per heavy atom. The second kappa shape index (κ2) is 14.8. The van der Waals surface area contributed by atoms with E-state index in [0.29, 0.717) is 12.6 Å². The van der Waals surface area contributed by atoms with E-state index in [1.165, 1.54) is 12.8 Å². The van der Waals surface area contributed by atoms with Crippen LogP contribution in [0.4, 0.5) is 0 Å². The van der Waals surface area contributed by atoms with Crippen molar-refractivity contribution in [2.24, 2.45) is 4.99 Å². The lowest BCUT2D eigenvalue weighted by Crippen LogP contribution is -2.40. The van der Waals surface area contributed by atoms with Crippen molar-refractivity contribution in [2.45, 2.75) is 44.8 Å². The number of likely N-dealkylation sites (N-methyl/N-ethyl adjacent to an activating group) is 1. The summed E-state index contributed by atoms with van der Waals surface area (Å²) in [5.74, 6) is 1.52. The van der Waals surface area contributed by atoms with Crippen molar-refractivity contribution in [2.75, 3.05) is 47.4 Å². The van der Waals surface area contributed by atoms with Crippen LogP contribution in [0.3, 0.4) is 0 Å². The third-order valence-electron chi connectivity index (χ3n) is 4.75. The Bertz CT molecular complexity index is 550. The molecular formula is C20H36IN5O2. The molecule has 2 N–H and O–H groups in total. The van der Waals surface area contributed by atoms with E-state index in [1.807, 2.05) is 12.3 Å². The molecule has 1 aromatic heterocycles. The zero-order valence-electron chi connectivity index (χ0n) is 17.4. The molecule has 1 aromatic rings. The molecule has 0 amide bonds. The van der Waals surface area contributed by atoms with Gasteiger partial charge >= 0.3 is 0 Å². The van der Waals surface area contributed by atoms with Crippen LogP contribution in [0.25, 0.3) is 0 Å². The fourth-order valence-electron chi connectivity index (χ4n) is 3.12. The van der Waals surface area contributed by atoms with Gasteiger partial charge in [-0.15, -0.1) is 24.0 Å². The summed E-state index contributed by atoms with van der Waals surface area (Å²) in [6.07, 6.45) is 8.09. The first kappa shape index (κ1) is 24.9. The SMILES string of the molecule is CN=C(NCCN(C)CCCOC)NCc1ccc(OC2CCCC2)nc1.I. The first-order valence-corrected chi connectivity index (χ1v) is 9.95. The molecule has 0 unspecified atom stereocenters. The Balaban J connectivity index is 0.00000392. The maximum absolute atomic E-state index is 5.91. The van der Waals surface area contributed by atoms with E-state index in [2.05, 4.69) is 38.6 Å². The minimum absolute atomic E-state index is 0. The fraction of sp³-hybridized carbons (Fsp3) is 0.700. The van der Waals surface area contributed by atoms with E-state index in [0.717, 1.165) is 62.9 Å². The minimum Gasteiger partial charge on any atom is -0.474 e. The number of hydrogen-bond acceptors (Lipinski definition) is 5. The van der Waals surface area contributed by atoms with Crippen molar-refractivity contribution in [3.63, 3.8) is 0 Å². The Labute approximate surface area is 186 Å². The molecule has 1 aliphatic carbocycles. The van der Waals surface area contributed by atoms with Crippen molar-refractivity contribution in [3.05, 3.63) is 23.9 Å². The Hall–Kier alpha value is -1.13. The molecule has 0 aromatic carbocycles. The summed E-state index contributed by atoms with van der Waals surface area (Å²) in [4.78, 5) is 11.0. The number of nitrogens with one attached hydrogen (secondary N) is 2. The average Bonchev–Trinajstić information content (AvgIpc) is 3.19. The van der Waals surface area contributed by atoms with Crippen LogP contribution in [0.1, 0.15) is 37.7 Å². The summed E-state index contributed by atoms with van der Waals surface area (Å²) >= 11 is 0. The van der Waals surface area contributed by atoms with E-state index in [-0.39, 0.29) is 24.0 Å². The summed E-state index contributed by atoms with van der Waals surface area (Å²) in [6.45, 7) is 4.32. The smallest absolute Gasteiger partial charge is 0.213 e. The van der Waals surface area contributed by atoms with Crippen LogP contribution < -0.4 is 15.4 Å². The minimum atomic E-state index is 0. The average molecular weight is 505 g/mol. The molecule has 0 spiro atoms. The van der Waals surface area contributed by atoms with Gasteiger partial charge in [-0.3, -0.25) is 4.99 Å². The van der Waals surface area contributed by atoms with Crippen molar-refractivity contribution in [1.29, 1.82) is 0 Å². The lowest BCUT2D eigenvalue weighted by atomic mass is 10.3. The first-order chi connectivity index (χ1) is 13.2.